The number of rotatable bonds is 9. The number of carbonyl (C=O) groups excluding carboxylic acids is 1. The molecule has 1 rings (SSSR count). The fourth-order valence-electron chi connectivity index (χ4n) is 1.93. The maximum atomic E-state index is 11.7. The van der Waals surface area contributed by atoms with Crippen LogP contribution in [-0.2, 0) is 30.5 Å². The van der Waals surface area contributed by atoms with Gasteiger partial charge in [-0.05, 0) is 18.1 Å². The Balaban J connectivity index is 3.07. The average molecular weight is 336 g/mol. The molecule has 0 aromatic heterocycles. The van der Waals surface area contributed by atoms with E-state index < -0.39 is 30.1 Å². The molecule has 1 atom stereocenters. The van der Waals surface area contributed by atoms with Gasteiger partial charge in [0.05, 0.1) is 12.2 Å². The normalized spacial score (nSPS) is 13.8. The van der Waals surface area contributed by atoms with Crippen molar-refractivity contribution in [2.24, 2.45) is 0 Å². The minimum Gasteiger partial charge on any atom is -0.479 e. The second-order valence-electron chi connectivity index (χ2n) is 5.08. The van der Waals surface area contributed by atoms with Crippen molar-refractivity contribution in [1.29, 1.82) is 0 Å². The molecule has 24 heavy (non-hydrogen) atoms. The first-order valence-electron chi connectivity index (χ1n) is 7.30. The van der Waals surface area contributed by atoms with E-state index >= 15 is 0 Å². The van der Waals surface area contributed by atoms with Gasteiger partial charge in [-0.1, -0.05) is 37.3 Å². The van der Waals surface area contributed by atoms with Crippen molar-refractivity contribution in [3.05, 3.63) is 47.5 Å². The predicted octanol–water partition coefficient (Wildman–Crippen LogP) is 2.01. The van der Waals surface area contributed by atoms with E-state index in [9.17, 15) is 24.6 Å². The van der Waals surface area contributed by atoms with Crippen LogP contribution in [0.3, 0.4) is 0 Å². The lowest BCUT2D eigenvalue weighted by Crippen LogP contribution is -2.40. The van der Waals surface area contributed by atoms with Crippen LogP contribution >= 0.6 is 0 Å². The Hall–Kier alpha value is -2.67. The SMILES string of the molecule is CCC(/C=C(\COC(C)=O)C(=O)O)(OCc1ccccc1)C(=O)O. The first kappa shape index (κ1) is 19.4. The number of hydrogen-bond donors (Lipinski definition) is 2. The maximum absolute atomic E-state index is 11.7. The van der Waals surface area contributed by atoms with Crippen LogP contribution in [0.4, 0.5) is 0 Å². The van der Waals surface area contributed by atoms with Gasteiger partial charge in [-0.15, -0.1) is 0 Å². The molecule has 0 aliphatic carbocycles. The molecule has 0 fully saturated rings. The summed E-state index contributed by atoms with van der Waals surface area (Å²) in [6.07, 6.45) is 0.996. The Kier molecular flexibility index (Phi) is 7.13. The number of benzene rings is 1. The monoisotopic (exact) mass is 336 g/mol. The molecule has 0 saturated carbocycles. The molecule has 0 aliphatic heterocycles. The summed E-state index contributed by atoms with van der Waals surface area (Å²) in [4.78, 5) is 33.9. The molecule has 0 radical (unpaired) electrons. The first-order valence-corrected chi connectivity index (χ1v) is 7.30. The molecular weight excluding hydrogens is 316 g/mol. The van der Waals surface area contributed by atoms with Gasteiger partial charge >= 0.3 is 17.9 Å². The molecule has 7 heteroatoms. The van der Waals surface area contributed by atoms with Gasteiger partial charge in [0.1, 0.15) is 6.61 Å². The zero-order valence-electron chi connectivity index (χ0n) is 13.5. The number of esters is 1. The highest BCUT2D eigenvalue weighted by atomic mass is 16.5. The molecule has 0 heterocycles. The Morgan fingerprint density at radius 2 is 1.79 bits per heavy atom. The minimum absolute atomic E-state index is 0.00204. The van der Waals surface area contributed by atoms with E-state index in [-0.39, 0.29) is 18.6 Å². The Bertz CT molecular complexity index is 621. The van der Waals surface area contributed by atoms with Crippen molar-refractivity contribution in [1.82, 2.24) is 0 Å². The quantitative estimate of drug-likeness (QED) is 0.524. The maximum Gasteiger partial charge on any atom is 0.340 e. The molecule has 0 saturated heterocycles. The van der Waals surface area contributed by atoms with E-state index in [1.807, 2.05) is 6.07 Å². The van der Waals surface area contributed by atoms with Gasteiger partial charge in [-0.2, -0.15) is 0 Å². The van der Waals surface area contributed by atoms with Gasteiger partial charge in [0.15, 0.2) is 5.60 Å². The lowest BCUT2D eigenvalue weighted by atomic mass is 9.97. The molecule has 1 unspecified atom stereocenters. The van der Waals surface area contributed by atoms with Crippen LogP contribution in [0.15, 0.2) is 42.0 Å². The fraction of sp³-hybridized carbons (Fsp3) is 0.353. The van der Waals surface area contributed by atoms with Crippen LogP contribution in [0, 0.1) is 0 Å². The van der Waals surface area contributed by atoms with Crippen LogP contribution in [0.5, 0.6) is 0 Å². The van der Waals surface area contributed by atoms with Crippen molar-refractivity contribution < 1.29 is 34.1 Å². The Morgan fingerprint density at radius 3 is 2.25 bits per heavy atom. The summed E-state index contributed by atoms with van der Waals surface area (Å²) in [6.45, 7) is 2.17. The first-order chi connectivity index (χ1) is 11.3. The van der Waals surface area contributed by atoms with E-state index in [4.69, 9.17) is 4.74 Å². The van der Waals surface area contributed by atoms with E-state index in [1.54, 1.807) is 31.2 Å². The summed E-state index contributed by atoms with van der Waals surface area (Å²) >= 11 is 0. The second kappa shape index (κ2) is 8.83. The second-order valence-corrected chi connectivity index (χ2v) is 5.08. The lowest BCUT2D eigenvalue weighted by Gasteiger charge is -2.26. The van der Waals surface area contributed by atoms with Crippen molar-refractivity contribution in [3.63, 3.8) is 0 Å². The lowest BCUT2D eigenvalue weighted by molar-refractivity contribution is -0.161. The summed E-state index contributed by atoms with van der Waals surface area (Å²) in [5.41, 5.74) is -1.44. The third-order valence-corrected chi connectivity index (χ3v) is 3.34. The molecule has 0 amide bonds. The molecule has 1 aromatic carbocycles. The Morgan fingerprint density at radius 1 is 1.17 bits per heavy atom. The van der Waals surface area contributed by atoms with Gasteiger partial charge in [0.25, 0.3) is 0 Å². The van der Waals surface area contributed by atoms with Gasteiger partial charge in [-0.25, -0.2) is 9.59 Å². The zero-order chi connectivity index (χ0) is 18.2. The van der Waals surface area contributed by atoms with Crippen molar-refractivity contribution in [3.8, 4) is 0 Å². The predicted molar refractivity (Wildman–Crippen MR) is 84.2 cm³/mol. The van der Waals surface area contributed by atoms with Crippen LogP contribution in [-0.4, -0.2) is 40.3 Å². The highest BCUT2D eigenvalue weighted by Gasteiger charge is 2.37. The van der Waals surface area contributed by atoms with Crippen molar-refractivity contribution >= 4 is 17.9 Å². The summed E-state index contributed by atoms with van der Waals surface area (Å²) in [5.74, 6) is -3.36. The molecule has 7 nitrogen and oxygen atoms in total. The van der Waals surface area contributed by atoms with Crippen LogP contribution in [0.1, 0.15) is 25.8 Å². The summed E-state index contributed by atoms with van der Waals surface area (Å²) in [6, 6.07) is 8.92. The number of aliphatic carboxylic acids is 2. The number of carboxylic acids is 2. The van der Waals surface area contributed by atoms with Gasteiger partial charge in [0.2, 0.25) is 0 Å². The van der Waals surface area contributed by atoms with Crippen LogP contribution < -0.4 is 0 Å². The van der Waals surface area contributed by atoms with E-state index in [2.05, 4.69) is 4.74 Å². The molecular formula is C17H20O7. The topological polar surface area (TPSA) is 110 Å². The summed E-state index contributed by atoms with van der Waals surface area (Å²) in [7, 11) is 0. The van der Waals surface area contributed by atoms with Gasteiger partial charge in [-0.3, -0.25) is 4.79 Å². The summed E-state index contributed by atoms with van der Waals surface area (Å²) < 4.78 is 10.2. The highest BCUT2D eigenvalue weighted by molar-refractivity contribution is 5.90. The largest absolute Gasteiger partial charge is 0.479 e. The zero-order valence-corrected chi connectivity index (χ0v) is 13.5. The number of carbonyl (C=O) groups is 3. The molecule has 2 N–H and O–H groups in total. The van der Waals surface area contributed by atoms with Gasteiger partial charge in [0, 0.05) is 6.92 Å². The average Bonchev–Trinajstić information content (AvgIpc) is 2.54. The molecule has 0 spiro atoms. The van der Waals surface area contributed by atoms with E-state index in [0.29, 0.717) is 0 Å². The van der Waals surface area contributed by atoms with Crippen LogP contribution in [0.2, 0.25) is 0 Å². The number of carboxylic acid groups (broad SMARTS) is 2. The smallest absolute Gasteiger partial charge is 0.340 e. The fourth-order valence-corrected chi connectivity index (χ4v) is 1.93. The van der Waals surface area contributed by atoms with Crippen LogP contribution in [0.25, 0.3) is 0 Å². The highest BCUT2D eigenvalue weighted by Crippen LogP contribution is 2.23. The summed E-state index contributed by atoms with van der Waals surface area (Å²) in [5, 5.41) is 18.7. The standard InChI is InChI=1S/C17H20O7/c1-3-17(16(21)22,24-10-13-7-5-4-6-8-13)9-14(15(19)20)11-23-12(2)18/h4-9H,3,10-11H2,1-2H3,(H,19,20)(H,21,22)/b14-9+. The number of ether oxygens (including phenoxy) is 2. The molecule has 130 valence electrons. The minimum atomic E-state index is -1.83. The molecule has 0 bridgehead atoms. The molecule has 0 aliphatic rings. The Labute approximate surface area is 139 Å². The van der Waals surface area contributed by atoms with E-state index in [0.717, 1.165) is 18.6 Å². The van der Waals surface area contributed by atoms with Crippen molar-refractivity contribution in [2.45, 2.75) is 32.5 Å². The van der Waals surface area contributed by atoms with E-state index in [1.165, 1.54) is 0 Å². The third kappa shape index (κ3) is 5.51. The van der Waals surface area contributed by atoms with Gasteiger partial charge < -0.3 is 19.7 Å². The third-order valence-electron chi connectivity index (χ3n) is 3.34. The van der Waals surface area contributed by atoms with Crippen molar-refractivity contribution in [2.75, 3.05) is 6.61 Å². The number of hydrogen-bond acceptors (Lipinski definition) is 5. The molecule has 1 aromatic rings.